The molecule has 5 atom stereocenters. The Morgan fingerprint density at radius 3 is 2.35 bits per heavy atom. The second kappa shape index (κ2) is 15.9. The molecule has 0 aromatic heterocycles. The van der Waals surface area contributed by atoms with Gasteiger partial charge < -0.3 is 47.1 Å². The molecule has 196 valence electrons. The molecule has 0 aromatic carbocycles. The van der Waals surface area contributed by atoms with Crippen molar-refractivity contribution in [3.63, 3.8) is 0 Å². The molecule has 13 nitrogen and oxygen atoms in total. The number of aliphatic carboxylic acids is 1. The van der Waals surface area contributed by atoms with Crippen LogP contribution in [-0.4, -0.2) is 77.6 Å². The fraction of sp³-hybridized carbons (Fsp3) is 0.714. The number of nitrogens with zero attached hydrogens (tertiary/aromatic N) is 1. The third-order valence-electron chi connectivity index (χ3n) is 5.27. The Bertz CT molecular complexity index is 725. The number of ether oxygens (including phenoxy) is 3. The van der Waals surface area contributed by atoms with Gasteiger partial charge >= 0.3 is 11.9 Å². The van der Waals surface area contributed by atoms with Crippen molar-refractivity contribution in [1.29, 1.82) is 0 Å². The van der Waals surface area contributed by atoms with Crippen LogP contribution >= 0.6 is 0 Å². The van der Waals surface area contributed by atoms with Gasteiger partial charge in [-0.3, -0.25) is 9.59 Å². The Hall–Kier alpha value is -2.90. The lowest BCUT2D eigenvalue weighted by Crippen LogP contribution is -2.52. The molecule has 0 aliphatic carbocycles. The molecule has 0 saturated carbocycles. The van der Waals surface area contributed by atoms with Gasteiger partial charge in [0.05, 0.1) is 6.04 Å². The fourth-order valence-corrected chi connectivity index (χ4v) is 3.68. The normalized spacial score (nSPS) is 21.1. The number of methoxy groups -OCH3 is 1. The van der Waals surface area contributed by atoms with E-state index in [-0.39, 0.29) is 24.3 Å². The third-order valence-corrected chi connectivity index (χ3v) is 5.27. The number of aliphatic hydroxyl groups is 1. The summed E-state index contributed by atoms with van der Waals surface area (Å²) in [5, 5.41) is 20.1. The first-order valence-electron chi connectivity index (χ1n) is 11.0. The van der Waals surface area contributed by atoms with Crippen LogP contribution in [0, 0.1) is 5.92 Å². The number of unbranched alkanes of at least 4 members (excludes halogenated alkanes) is 4. The maximum atomic E-state index is 12.0. The lowest BCUT2D eigenvalue weighted by Gasteiger charge is -2.39. The van der Waals surface area contributed by atoms with Gasteiger partial charge in [0, 0.05) is 25.9 Å². The Morgan fingerprint density at radius 1 is 1.18 bits per heavy atom. The zero-order valence-corrected chi connectivity index (χ0v) is 19.6. The number of amides is 1. The highest BCUT2D eigenvalue weighted by Crippen LogP contribution is 2.32. The number of carboxylic acids is 1. The highest BCUT2D eigenvalue weighted by Gasteiger charge is 2.45. The molecule has 0 bridgehead atoms. The minimum absolute atomic E-state index is 0. The number of aliphatic hydroxyl groups excluding tert-OH is 1. The van der Waals surface area contributed by atoms with Crippen molar-refractivity contribution in [3.8, 4) is 0 Å². The van der Waals surface area contributed by atoms with Crippen molar-refractivity contribution >= 4 is 23.8 Å². The zero-order chi connectivity index (χ0) is 25.0. The van der Waals surface area contributed by atoms with E-state index in [2.05, 4.69) is 11.9 Å². The van der Waals surface area contributed by atoms with Crippen LogP contribution in [-0.2, 0) is 28.6 Å². The molecule has 1 aliphatic rings. The number of esters is 1. The van der Waals surface area contributed by atoms with E-state index in [1.807, 2.05) is 0 Å². The van der Waals surface area contributed by atoms with Gasteiger partial charge in [0.1, 0.15) is 24.9 Å². The monoisotopic (exact) mass is 490 g/mol. The van der Waals surface area contributed by atoms with Crippen LogP contribution in [0.5, 0.6) is 0 Å². The smallest absolute Gasteiger partial charge is 0.370 e. The molecule has 10 N–H and O–H groups in total. The average molecular weight is 491 g/mol. The summed E-state index contributed by atoms with van der Waals surface area (Å²) in [5.41, 5.74) is 16.3. The number of primary amides is 1. The molecule has 0 fully saturated rings. The number of guanidine groups is 1. The number of carbonyl (C=O) groups is 3. The number of aliphatic imine (C=N–C) groups is 1. The first-order valence-corrected chi connectivity index (χ1v) is 11.0. The molecule has 0 aromatic rings. The van der Waals surface area contributed by atoms with Gasteiger partial charge in [0.25, 0.3) is 0 Å². The minimum atomic E-state index is -1.40. The number of nitrogens with two attached hydrogens (primary N) is 3. The molecule has 13 heteroatoms. The first kappa shape index (κ1) is 31.1. The Labute approximate surface area is 198 Å². The summed E-state index contributed by atoms with van der Waals surface area (Å²) < 4.78 is 16.0. The maximum Gasteiger partial charge on any atom is 0.370 e. The zero-order valence-electron chi connectivity index (χ0n) is 19.6. The number of carboxylic acid groups (broad SMARTS) is 1. The highest BCUT2D eigenvalue weighted by atomic mass is 16.6. The Balaban J connectivity index is 0.0000109. The molecule has 1 rings (SSSR count). The Kier molecular flexibility index (Phi) is 14.5. The van der Waals surface area contributed by atoms with Crippen LogP contribution in [0.25, 0.3) is 0 Å². The van der Waals surface area contributed by atoms with E-state index >= 15 is 0 Å². The molecule has 1 heterocycles. The average Bonchev–Trinajstić information content (AvgIpc) is 2.73. The topological polar surface area (TPSA) is 241 Å². The summed E-state index contributed by atoms with van der Waals surface area (Å²) in [4.78, 5) is 39.2. The summed E-state index contributed by atoms with van der Waals surface area (Å²) in [6.45, 7) is 1.69. The maximum absolute atomic E-state index is 12.0. The van der Waals surface area contributed by atoms with E-state index < -0.39 is 60.5 Å². The minimum Gasteiger partial charge on any atom is -0.480 e. The molecule has 0 unspecified atom stereocenters. The third kappa shape index (κ3) is 10.4. The largest absolute Gasteiger partial charge is 0.480 e. The summed E-state index contributed by atoms with van der Waals surface area (Å²) >= 11 is 0. The van der Waals surface area contributed by atoms with Crippen LogP contribution in [0.2, 0.25) is 0 Å². The van der Waals surface area contributed by atoms with Gasteiger partial charge in [-0.05, 0) is 12.5 Å². The number of rotatable bonds is 15. The second-order valence-electron chi connectivity index (χ2n) is 7.91. The van der Waals surface area contributed by atoms with Gasteiger partial charge in [-0.2, -0.15) is 0 Å². The fourth-order valence-electron chi connectivity index (χ4n) is 3.68. The lowest BCUT2D eigenvalue weighted by atomic mass is 9.83. The van der Waals surface area contributed by atoms with Gasteiger partial charge in [-0.1, -0.05) is 32.6 Å². The lowest BCUT2D eigenvalue weighted by molar-refractivity contribution is -0.162. The van der Waals surface area contributed by atoms with Crippen LogP contribution in [0.1, 0.15) is 51.9 Å². The molecular weight excluding hydrogens is 452 g/mol. The molecule has 0 radical (unpaired) electrons. The van der Waals surface area contributed by atoms with E-state index in [1.54, 1.807) is 0 Å². The van der Waals surface area contributed by atoms with Gasteiger partial charge in [-0.15, -0.1) is 0 Å². The molecular formula is C21H38N4O9. The predicted octanol–water partition coefficient (Wildman–Crippen LogP) is -1.06. The second-order valence-corrected chi connectivity index (χ2v) is 7.91. The van der Waals surface area contributed by atoms with E-state index in [0.29, 0.717) is 6.42 Å². The molecule has 0 saturated heterocycles. The SMILES string of the molecule is CCCCCCCC(=O)OC[C@H](O)[C@@H](OC)[C@@H]1OC(C(=O)O)=C[C@@H](N=C(N)N)[C@H]1CC(N)=O.O. The molecule has 1 amide bonds. The van der Waals surface area contributed by atoms with Gasteiger partial charge in [0.15, 0.2) is 5.96 Å². The molecule has 34 heavy (non-hydrogen) atoms. The summed E-state index contributed by atoms with van der Waals surface area (Å²) in [7, 11) is 1.27. The summed E-state index contributed by atoms with van der Waals surface area (Å²) in [6.07, 6.45) is 2.20. The van der Waals surface area contributed by atoms with Crippen LogP contribution in [0.3, 0.4) is 0 Å². The van der Waals surface area contributed by atoms with Crippen molar-refractivity contribution in [2.24, 2.45) is 28.1 Å². The predicted molar refractivity (Wildman–Crippen MR) is 122 cm³/mol. The highest BCUT2D eigenvalue weighted by molar-refractivity contribution is 5.85. The summed E-state index contributed by atoms with van der Waals surface area (Å²) in [5.74, 6) is -4.24. The summed E-state index contributed by atoms with van der Waals surface area (Å²) in [6, 6.07) is -0.970. The quantitative estimate of drug-likeness (QED) is 0.0806. The van der Waals surface area contributed by atoms with Crippen LogP contribution in [0.15, 0.2) is 16.8 Å². The van der Waals surface area contributed by atoms with E-state index in [0.717, 1.165) is 31.8 Å². The standard InChI is InChI=1S/C21H36N4O8.H2O/c1-3-4-5-6-7-8-17(28)32-11-14(26)19(31-2)18-12(9-16(22)27)13(25-21(23)24)10-15(33-18)20(29)30;/h10,12-14,18-19,26H,3-9,11H2,1-2H3,(H2,22,27)(H,29,30)(H4,23,24,25);1H2/t12-,13-,14+,18-,19-;/m1./s1. The Morgan fingerprint density at radius 2 is 1.82 bits per heavy atom. The van der Waals surface area contributed by atoms with Gasteiger partial charge in [0.2, 0.25) is 11.7 Å². The van der Waals surface area contributed by atoms with Crippen LogP contribution < -0.4 is 17.2 Å². The number of hydrogen-bond donors (Lipinski definition) is 5. The van der Waals surface area contributed by atoms with E-state index in [4.69, 9.17) is 31.4 Å². The van der Waals surface area contributed by atoms with E-state index in [9.17, 15) is 24.6 Å². The first-order chi connectivity index (χ1) is 15.6. The van der Waals surface area contributed by atoms with E-state index in [1.165, 1.54) is 7.11 Å². The van der Waals surface area contributed by atoms with Crippen LogP contribution in [0.4, 0.5) is 0 Å². The van der Waals surface area contributed by atoms with Gasteiger partial charge in [-0.25, -0.2) is 9.79 Å². The van der Waals surface area contributed by atoms with Crippen molar-refractivity contribution in [2.75, 3.05) is 13.7 Å². The van der Waals surface area contributed by atoms with Crippen molar-refractivity contribution in [2.45, 2.75) is 76.2 Å². The molecule has 0 spiro atoms. The molecule has 1 aliphatic heterocycles. The van der Waals surface area contributed by atoms with Crippen molar-refractivity contribution in [3.05, 3.63) is 11.8 Å². The van der Waals surface area contributed by atoms with Crippen molar-refractivity contribution in [1.82, 2.24) is 0 Å². The number of carbonyl (C=O) groups excluding carboxylic acids is 2. The number of hydrogen-bond acceptors (Lipinski definition) is 8. The van der Waals surface area contributed by atoms with Crippen molar-refractivity contribution < 1.29 is 44.3 Å².